The van der Waals surface area contributed by atoms with Crippen molar-refractivity contribution in [2.24, 2.45) is 11.7 Å². The fourth-order valence-electron chi connectivity index (χ4n) is 5.17. The quantitative estimate of drug-likeness (QED) is 0.262. The van der Waals surface area contributed by atoms with E-state index in [0.717, 1.165) is 23.7 Å². The lowest BCUT2D eigenvalue weighted by atomic mass is 9.84. The lowest BCUT2D eigenvalue weighted by Gasteiger charge is -2.40. The molecule has 2 fully saturated rings. The second kappa shape index (κ2) is 11.2. The summed E-state index contributed by atoms with van der Waals surface area (Å²) in [7, 11) is 0. The number of aromatic nitrogens is 4. The Kier molecular flexibility index (Phi) is 7.87. The molecule has 41 heavy (non-hydrogen) atoms. The van der Waals surface area contributed by atoms with Gasteiger partial charge in [0.1, 0.15) is 18.6 Å². The molecule has 1 unspecified atom stereocenters. The number of alkyl halides is 3. The largest absolute Gasteiger partial charge is 0.408 e. The van der Waals surface area contributed by atoms with Crippen molar-refractivity contribution in [3.8, 4) is 17.3 Å². The van der Waals surface area contributed by atoms with Gasteiger partial charge in [0.15, 0.2) is 5.82 Å². The molecule has 1 aliphatic heterocycles. The molecule has 0 bridgehead atoms. The molecule has 1 atom stereocenters. The zero-order valence-electron chi connectivity index (χ0n) is 22.1. The number of nitriles is 1. The molecule has 1 aliphatic carbocycles. The van der Waals surface area contributed by atoms with Crippen LogP contribution in [0.3, 0.4) is 0 Å². The van der Waals surface area contributed by atoms with Crippen LogP contribution in [0.5, 0.6) is 0 Å². The number of nitrogens with zero attached hydrogens (tertiary/aromatic N) is 6. The number of hydrogen-bond donors (Lipinski definition) is 3. The molecule has 1 saturated heterocycles. The molecular weight excluding hydrogens is 544 g/mol. The first-order chi connectivity index (χ1) is 19.5. The van der Waals surface area contributed by atoms with Gasteiger partial charge in [0.05, 0.1) is 29.3 Å². The molecular formula is C27H30F4N8O2. The number of nitrogens with two attached hydrogens (primary N) is 1. The number of nitrogens with one attached hydrogen (secondary N) is 1. The minimum atomic E-state index is -4.43. The highest BCUT2D eigenvalue weighted by Crippen LogP contribution is 2.37. The van der Waals surface area contributed by atoms with E-state index >= 15 is 0 Å². The van der Waals surface area contributed by atoms with Gasteiger partial charge in [0.2, 0.25) is 5.91 Å². The molecule has 3 heterocycles. The van der Waals surface area contributed by atoms with Crippen molar-refractivity contribution in [2.45, 2.75) is 63.1 Å². The molecule has 10 nitrogen and oxygen atoms in total. The highest BCUT2D eigenvalue weighted by Gasteiger charge is 2.39. The topological polar surface area (TPSA) is 138 Å². The second-order valence-corrected chi connectivity index (χ2v) is 10.7. The van der Waals surface area contributed by atoms with Crippen LogP contribution in [-0.4, -0.2) is 54.7 Å². The van der Waals surface area contributed by atoms with Crippen LogP contribution in [0.25, 0.3) is 11.3 Å². The van der Waals surface area contributed by atoms with Crippen molar-refractivity contribution in [1.29, 1.82) is 5.26 Å². The number of aliphatic hydroxyl groups is 1. The van der Waals surface area contributed by atoms with Gasteiger partial charge in [-0.15, -0.1) is 0 Å². The SMILES string of the molecule is N#CCC1(n2cc(C(N)O)c(NC(=O)C3CC3)n2)CCN(Cc2ccc(-c3ccn(CC(F)(F)F)n3)c(F)c2)CC1. The molecule has 1 aromatic carbocycles. The van der Waals surface area contributed by atoms with Crippen LogP contribution in [0.4, 0.5) is 23.4 Å². The Morgan fingerprint density at radius 3 is 2.59 bits per heavy atom. The Morgan fingerprint density at radius 2 is 1.98 bits per heavy atom. The summed E-state index contributed by atoms with van der Waals surface area (Å²) >= 11 is 0. The van der Waals surface area contributed by atoms with Crippen LogP contribution in [-0.2, 0) is 23.4 Å². The number of anilines is 1. The summed E-state index contributed by atoms with van der Waals surface area (Å²) in [5, 5.41) is 30.8. The van der Waals surface area contributed by atoms with Crippen molar-refractivity contribution >= 4 is 11.7 Å². The van der Waals surface area contributed by atoms with Crippen LogP contribution in [0.2, 0.25) is 0 Å². The maximum absolute atomic E-state index is 14.9. The lowest BCUT2D eigenvalue weighted by Crippen LogP contribution is -2.46. The van der Waals surface area contributed by atoms with Crippen LogP contribution in [0.1, 0.15) is 49.5 Å². The van der Waals surface area contributed by atoms with Gasteiger partial charge in [-0.25, -0.2) is 4.39 Å². The zero-order valence-corrected chi connectivity index (χ0v) is 22.1. The number of hydrogen-bond acceptors (Lipinski definition) is 7. The van der Waals surface area contributed by atoms with E-state index in [1.165, 1.54) is 18.2 Å². The fraction of sp³-hybridized carbons (Fsp3) is 0.481. The first-order valence-corrected chi connectivity index (χ1v) is 13.3. The first kappa shape index (κ1) is 28.7. The number of piperidine rings is 1. The van der Waals surface area contributed by atoms with Crippen LogP contribution < -0.4 is 11.1 Å². The van der Waals surface area contributed by atoms with E-state index in [0.29, 0.717) is 38.0 Å². The van der Waals surface area contributed by atoms with Crippen molar-refractivity contribution in [2.75, 3.05) is 18.4 Å². The molecule has 218 valence electrons. The van der Waals surface area contributed by atoms with Gasteiger partial charge in [0, 0.05) is 43.5 Å². The molecule has 1 amide bonds. The summed E-state index contributed by atoms with van der Waals surface area (Å²) in [5.74, 6) is -0.629. The van der Waals surface area contributed by atoms with Crippen LogP contribution in [0.15, 0.2) is 36.7 Å². The number of benzene rings is 1. The summed E-state index contributed by atoms with van der Waals surface area (Å²) < 4.78 is 55.2. The third-order valence-electron chi connectivity index (χ3n) is 7.63. The van der Waals surface area contributed by atoms with Crippen molar-refractivity contribution in [3.63, 3.8) is 0 Å². The van der Waals surface area contributed by atoms with Crippen molar-refractivity contribution in [3.05, 3.63) is 53.6 Å². The average molecular weight is 575 g/mol. The molecule has 0 radical (unpaired) electrons. The fourth-order valence-corrected chi connectivity index (χ4v) is 5.17. The van der Waals surface area contributed by atoms with Crippen LogP contribution >= 0.6 is 0 Å². The van der Waals surface area contributed by atoms with Gasteiger partial charge in [-0.2, -0.15) is 28.6 Å². The smallest absolute Gasteiger partial charge is 0.374 e. The number of carbonyl (C=O) groups is 1. The normalized spacial score (nSPS) is 18.2. The van der Waals surface area contributed by atoms with E-state index in [1.807, 2.05) is 0 Å². The third kappa shape index (κ3) is 6.58. The summed E-state index contributed by atoms with van der Waals surface area (Å²) in [6.07, 6.45) is -0.185. The molecule has 4 N–H and O–H groups in total. The molecule has 14 heteroatoms. The molecule has 3 aromatic rings. The average Bonchev–Trinajstić information content (AvgIpc) is 3.52. The molecule has 1 saturated carbocycles. The van der Waals surface area contributed by atoms with Gasteiger partial charge >= 0.3 is 6.18 Å². The Hall–Kier alpha value is -3.80. The minimum absolute atomic E-state index is 0.0650. The highest BCUT2D eigenvalue weighted by atomic mass is 19.4. The summed E-state index contributed by atoms with van der Waals surface area (Å²) in [4.78, 5) is 14.4. The Balaban J connectivity index is 1.26. The van der Waals surface area contributed by atoms with E-state index in [2.05, 4.69) is 26.5 Å². The standard InChI is InChI=1S/C27H30F4N8O2/c28-21-13-17(1-4-19(21)22-5-10-38(35-22)16-27(29,30)31)14-37-11-7-26(6-9-32,8-12-37)39-15-20(23(33)40)24(36-39)34-25(41)18-2-3-18/h1,4-5,10,13,15,18,23,40H,2-3,6-8,11-12,14,16,33H2,(H,34,36,41). The van der Waals surface area contributed by atoms with E-state index in [4.69, 9.17) is 5.73 Å². The molecule has 2 aromatic heterocycles. The van der Waals surface area contributed by atoms with Crippen molar-refractivity contribution < 1.29 is 27.5 Å². The lowest BCUT2D eigenvalue weighted by molar-refractivity contribution is -0.142. The van der Waals surface area contributed by atoms with Crippen LogP contribution in [0, 0.1) is 23.1 Å². The predicted octanol–water partition coefficient (Wildman–Crippen LogP) is 3.65. The number of carbonyl (C=O) groups excluding carboxylic acids is 1. The summed E-state index contributed by atoms with van der Waals surface area (Å²) in [6.45, 7) is 0.309. The van der Waals surface area contributed by atoms with Gasteiger partial charge < -0.3 is 16.2 Å². The van der Waals surface area contributed by atoms with E-state index < -0.39 is 30.3 Å². The first-order valence-electron chi connectivity index (χ1n) is 13.3. The van der Waals surface area contributed by atoms with E-state index in [1.54, 1.807) is 16.9 Å². The maximum atomic E-state index is 14.9. The number of rotatable bonds is 9. The van der Waals surface area contributed by atoms with E-state index in [9.17, 15) is 32.7 Å². The number of amides is 1. The zero-order chi connectivity index (χ0) is 29.4. The Morgan fingerprint density at radius 1 is 1.24 bits per heavy atom. The Bertz CT molecular complexity index is 1450. The van der Waals surface area contributed by atoms with Crippen molar-refractivity contribution in [1.82, 2.24) is 24.5 Å². The van der Waals surface area contributed by atoms with Gasteiger partial charge in [-0.3, -0.25) is 19.1 Å². The molecule has 2 aliphatic rings. The number of halogens is 4. The summed E-state index contributed by atoms with van der Waals surface area (Å²) in [5.41, 5.74) is 6.25. The van der Waals surface area contributed by atoms with E-state index in [-0.39, 0.29) is 40.9 Å². The van der Waals surface area contributed by atoms with Gasteiger partial charge in [0.25, 0.3) is 0 Å². The number of likely N-dealkylation sites (tertiary alicyclic amines) is 1. The minimum Gasteiger partial charge on any atom is -0.374 e. The second-order valence-electron chi connectivity index (χ2n) is 10.7. The van der Waals surface area contributed by atoms with Gasteiger partial charge in [-0.1, -0.05) is 6.07 Å². The predicted molar refractivity (Wildman–Crippen MR) is 139 cm³/mol. The highest BCUT2D eigenvalue weighted by molar-refractivity contribution is 5.93. The summed E-state index contributed by atoms with van der Waals surface area (Å²) in [6, 6.07) is 8.16. The molecule has 5 rings (SSSR count). The Labute approximate surface area is 233 Å². The third-order valence-corrected chi connectivity index (χ3v) is 7.63. The monoisotopic (exact) mass is 574 g/mol. The molecule has 0 spiro atoms. The van der Waals surface area contributed by atoms with Gasteiger partial charge in [-0.05, 0) is 49.4 Å². The number of aliphatic hydroxyl groups excluding tert-OH is 1. The maximum Gasteiger partial charge on any atom is 0.408 e.